The van der Waals surface area contributed by atoms with Crippen molar-refractivity contribution in [1.29, 1.82) is 0 Å². The average Bonchev–Trinajstić information content (AvgIpc) is 3.05. The lowest BCUT2D eigenvalue weighted by atomic mass is 10.2. The third-order valence-electron chi connectivity index (χ3n) is 3.15. The summed E-state index contributed by atoms with van der Waals surface area (Å²) in [5, 5.41) is 4.03. The Morgan fingerprint density at radius 2 is 1.77 bits per heavy atom. The van der Waals surface area contributed by atoms with Crippen LogP contribution in [0.25, 0.3) is 11.4 Å². The number of thioether (sulfide) groups is 1. The summed E-state index contributed by atoms with van der Waals surface area (Å²) in [5.41, 5.74) is 2.21. The van der Waals surface area contributed by atoms with Crippen LogP contribution in [-0.4, -0.2) is 17.3 Å². The van der Waals surface area contributed by atoms with Crippen molar-refractivity contribution in [2.45, 2.75) is 11.5 Å². The molecule has 0 aliphatic carbocycles. The van der Waals surface area contributed by atoms with Gasteiger partial charge in [0.25, 0.3) is 0 Å². The highest BCUT2D eigenvalue weighted by Gasteiger charge is 2.08. The highest BCUT2D eigenvalue weighted by atomic mass is 32.2. The van der Waals surface area contributed by atoms with Crippen molar-refractivity contribution in [3.05, 3.63) is 66.1 Å². The van der Waals surface area contributed by atoms with Gasteiger partial charge in [-0.05, 0) is 29.8 Å². The van der Waals surface area contributed by atoms with Crippen LogP contribution in [0.3, 0.4) is 0 Å². The lowest BCUT2D eigenvalue weighted by molar-refractivity contribution is 0.391. The van der Waals surface area contributed by atoms with E-state index in [2.05, 4.69) is 22.3 Å². The van der Waals surface area contributed by atoms with Crippen LogP contribution in [0.1, 0.15) is 11.5 Å². The van der Waals surface area contributed by atoms with Gasteiger partial charge < -0.3 is 9.26 Å². The predicted molar refractivity (Wildman–Crippen MR) is 87.7 cm³/mol. The van der Waals surface area contributed by atoms with E-state index >= 15 is 0 Å². The Hall–Kier alpha value is -2.27. The third-order valence-corrected chi connectivity index (χ3v) is 4.14. The van der Waals surface area contributed by atoms with Crippen LogP contribution in [-0.2, 0) is 11.5 Å². The van der Waals surface area contributed by atoms with Gasteiger partial charge in [0.05, 0.1) is 12.9 Å². The van der Waals surface area contributed by atoms with Crippen molar-refractivity contribution in [3.8, 4) is 17.1 Å². The number of rotatable bonds is 6. The second-order valence-electron chi connectivity index (χ2n) is 4.72. The first-order valence-corrected chi connectivity index (χ1v) is 8.09. The molecule has 0 N–H and O–H groups in total. The summed E-state index contributed by atoms with van der Waals surface area (Å²) >= 11 is 1.76. The summed E-state index contributed by atoms with van der Waals surface area (Å²) in [7, 11) is 1.64. The molecule has 0 aliphatic rings. The Morgan fingerprint density at radius 1 is 1.00 bits per heavy atom. The molecule has 4 nitrogen and oxygen atoms in total. The quantitative estimate of drug-likeness (QED) is 0.683. The van der Waals surface area contributed by atoms with Gasteiger partial charge in [-0.25, -0.2) is 0 Å². The molecule has 2 aromatic carbocycles. The van der Waals surface area contributed by atoms with Gasteiger partial charge in [-0.3, -0.25) is 0 Å². The van der Waals surface area contributed by atoms with Gasteiger partial charge in [0, 0.05) is 11.3 Å². The molecule has 0 saturated heterocycles. The molecule has 0 atom stereocenters. The minimum atomic E-state index is 0.609. The Morgan fingerprint density at radius 3 is 2.50 bits per heavy atom. The van der Waals surface area contributed by atoms with Crippen molar-refractivity contribution in [3.63, 3.8) is 0 Å². The van der Waals surface area contributed by atoms with E-state index in [1.807, 2.05) is 42.5 Å². The number of benzene rings is 2. The first-order chi connectivity index (χ1) is 10.8. The van der Waals surface area contributed by atoms with Crippen molar-refractivity contribution in [1.82, 2.24) is 10.1 Å². The monoisotopic (exact) mass is 312 g/mol. The van der Waals surface area contributed by atoms with E-state index in [1.165, 1.54) is 5.56 Å². The summed E-state index contributed by atoms with van der Waals surface area (Å²) in [5.74, 6) is 3.70. The topological polar surface area (TPSA) is 48.2 Å². The fourth-order valence-electron chi connectivity index (χ4n) is 2.00. The van der Waals surface area contributed by atoms with Gasteiger partial charge in [0.15, 0.2) is 0 Å². The van der Waals surface area contributed by atoms with Gasteiger partial charge in [0.1, 0.15) is 5.75 Å². The van der Waals surface area contributed by atoms with E-state index in [4.69, 9.17) is 9.26 Å². The van der Waals surface area contributed by atoms with Gasteiger partial charge in [-0.15, -0.1) is 11.8 Å². The van der Waals surface area contributed by atoms with Gasteiger partial charge in [-0.2, -0.15) is 4.98 Å². The molecule has 0 bridgehead atoms. The van der Waals surface area contributed by atoms with Crippen LogP contribution in [0.5, 0.6) is 5.75 Å². The maximum Gasteiger partial charge on any atom is 0.236 e. The number of aromatic nitrogens is 2. The highest BCUT2D eigenvalue weighted by molar-refractivity contribution is 7.97. The van der Waals surface area contributed by atoms with E-state index < -0.39 is 0 Å². The van der Waals surface area contributed by atoms with Crippen LogP contribution in [0.2, 0.25) is 0 Å². The molecule has 3 rings (SSSR count). The summed E-state index contributed by atoms with van der Waals surface area (Å²) < 4.78 is 10.4. The molecule has 0 spiro atoms. The summed E-state index contributed by atoms with van der Waals surface area (Å²) in [6, 6.07) is 18.0. The van der Waals surface area contributed by atoms with E-state index in [0.717, 1.165) is 17.1 Å². The van der Waals surface area contributed by atoms with Crippen molar-refractivity contribution < 1.29 is 9.26 Å². The maximum absolute atomic E-state index is 5.30. The predicted octanol–water partition coefficient (Wildman–Crippen LogP) is 4.18. The van der Waals surface area contributed by atoms with Crippen molar-refractivity contribution in [2.24, 2.45) is 0 Å². The smallest absolute Gasteiger partial charge is 0.236 e. The van der Waals surface area contributed by atoms with Crippen LogP contribution >= 0.6 is 11.8 Å². The molecular weight excluding hydrogens is 296 g/mol. The highest BCUT2D eigenvalue weighted by Crippen LogP contribution is 2.22. The van der Waals surface area contributed by atoms with Crippen molar-refractivity contribution >= 4 is 11.8 Å². The number of ether oxygens (including phenoxy) is 1. The molecule has 0 radical (unpaired) electrons. The van der Waals surface area contributed by atoms with Gasteiger partial charge in [-0.1, -0.05) is 35.5 Å². The zero-order valence-corrected chi connectivity index (χ0v) is 13.0. The summed E-state index contributed by atoms with van der Waals surface area (Å²) in [6.07, 6.45) is 0. The molecule has 1 aromatic heterocycles. The molecule has 5 heteroatoms. The second-order valence-corrected chi connectivity index (χ2v) is 5.70. The lowest BCUT2D eigenvalue weighted by Crippen LogP contribution is -1.85. The number of hydrogen-bond acceptors (Lipinski definition) is 5. The number of nitrogens with zero attached hydrogens (tertiary/aromatic N) is 2. The molecule has 0 saturated carbocycles. The van der Waals surface area contributed by atoms with Gasteiger partial charge >= 0.3 is 0 Å². The van der Waals surface area contributed by atoms with E-state index in [0.29, 0.717) is 17.5 Å². The first-order valence-electron chi connectivity index (χ1n) is 6.94. The standard InChI is InChI=1S/C17H16N2O2S/c1-20-15-9-7-14(8-10-15)17-18-16(21-19-17)12-22-11-13-5-3-2-4-6-13/h2-10H,11-12H2,1H3. The molecule has 3 aromatic rings. The Bertz CT molecular complexity index is 711. The van der Waals surface area contributed by atoms with Crippen LogP contribution in [0.4, 0.5) is 0 Å². The van der Waals surface area contributed by atoms with Crippen LogP contribution in [0, 0.1) is 0 Å². The Balaban J connectivity index is 1.58. The Kier molecular flexibility index (Phi) is 4.75. The van der Waals surface area contributed by atoms with Crippen LogP contribution < -0.4 is 4.74 Å². The third kappa shape index (κ3) is 3.68. The molecule has 112 valence electrons. The molecule has 0 aliphatic heterocycles. The fraction of sp³-hybridized carbons (Fsp3) is 0.176. The van der Waals surface area contributed by atoms with Gasteiger partial charge in [0.2, 0.25) is 11.7 Å². The zero-order chi connectivity index (χ0) is 15.2. The maximum atomic E-state index is 5.30. The largest absolute Gasteiger partial charge is 0.497 e. The number of hydrogen-bond donors (Lipinski definition) is 0. The molecule has 0 unspecified atom stereocenters. The average molecular weight is 312 g/mol. The summed E-state index contributed by atoms with van der Waals surface area (Å²) in [6.45, 7) is 0. The molecule has 1 heterocycles. The minimum Gasteiger partial charge on any atom is -0.497 e. The number of methoxy groups -OCH3 is 1. The fourth-order valence-corrected chi connectivity index (χ4v) is 2.82. The second kappa shape index (κ2) is 7.13. The van der Waals surface area contributed by atoms with Crippen molar-refractivity contribution in [2.75, 3.05) is 7.11 Å². The molecule has 0 fully saturated rings. The SMILES string of the molecule is COc1ccc(-c2noc(CSCc3ccccc3)n2)cc1. The molecule has 22 heavy (non-hydrogen) atoms. The molecular formula is C17H16N2O2S. The molecule has 0 amide bonds. The van der Waals surface area contributed by atoms with E-state index in [1.54, 1.807) is 18.9 Å². The van der Waals surface area contributed by atoms with Crippen LogP contribution in [0.15, 0.2) is 59.1 Å². The lowest BCUT2D eigenvalue weighted by Gasteiger charge is -1.99. The Labute approximate surface area is 133 Å². The normalized spacial score (nSPS) is 10.6. The van der Waals surface area contributed by atoms with E-state index in [-0.39, 0.29) is 0 Å². The first kappa shape index (κ1) is 14.7. The minimum absolute atomic E-state index is 0.609. The summed E-state index contributed by atoms with van der Waals surface area (Å²) in [4.78, 5) is 4.43. The zero-order valence-electron chi connectivity index (χ0n) is 12.2. The van der Waals surface area contributed by atoms with E-state index in [9.17, 15) is 0 Å².